The number of nitrogens with zero attached hydrogens (tertiary/aromatic N) is 3. The molecule has 0 bridgehead atoms. The number of rotatable bonds is 4. The van der Waals surface area contributed by atoms with E-state index in [0.29, 0.717) is 21.5 Å². The summed E-state index contributed by atoms with van der Waals surface area (Å²) in [4.78, 5) is 13.0. The lowest BCUT2D eigenvalue weighted by Gasteiger charge is -2.08. The smallest absolute Gasteiger partial charge is 0.242 e. The van der Waals surface area contributed by atoms with Gasteiger partial charge in [0.2, 0.25) is 16.8 Å². The summed E-state index contributed by atoms with van der Waals surface area (Å²) in [5, 5.41) is 29.6. The predicted molar refractivity (Wildman–Crippen MR) is 99.9 cm³/mol. The van der Waals surface area contributed by atoms with Gasteiger partial charge in [0, 0.05) is 5.02 Å². The van der Waals surface area contributed by atoms with E-state index in [-0.39, 0.29) is 17.0 Å². The van der Waals surface area contributed by atoms with Crippen LogP contribution in [-0.2, 0) is 0 Å². The number of aromatic hydroxyl groups is 2. The number of furan rings is 1. The highest BCUT2D eigenvalue weighted by Crippen LogP contribution is 2.44. The summed E-state index contributed by atoms with van der Waals surface area (Å²) in [5.41, 5.74) is 2.20. The van der Waals surface area contributed by atoms with E-state index in [1.807, 2.05) is 0 Å². The second kappa shape index (κ2) is 6.57. The summed E-state index contributed by atoms with van der Waals surface area (Å²) in [7, 11) is 0. The van der Waals surface area contributed by atoms with Crippen molar-refractivity contribution in [3.8, 4) is 28.0 Å². The Morgan fingerprint density at radius 3 is 2.52 bits per heavy atom. The lowest BCUT2D eigenvalue weighted by molar-refractivity contribution is 0.101. The Bertz CT molecular complexity index is 1130. The molecule has 27 heavy (non-hydrogen) atoms. The molecule has 3 aromatic heterocycles. The highest BCUT2D eigenvalue weighted by Gasteiger charge is 2.32. The maximum Gasteiger partial charge on any atom is 0.242 e. The van der Waals surface area contributed by atoms with E-state index in [9.17, 15) is 15.0 Å². The molecule has 0 aliphatic rings. The summed E-state index contributed by atoms with van der Waals surface area (Å²) in [5.74, 6) is -1.03. The van der Waals surface area contributed by atoms with E-state index in [0.717, 1.165) is 11.3 Å². The maximum absolute atomic E-state index is 13.0. The summed E-state index contributed by atoms with van der Waals surface area (Å²) >= 11 is 7.11. The van der Waals surface area contributed by atoms with Crippen molar-refractivity contribution in [2.45, 2.75) is 6.92 Å². The van der Waals surface area contributed by atoms with Crippen molar-refractivity contribution in [1.82, 2.24) is 14.8 Å². The molecule has 3 heterocycles. The molecular formula is C18H12ClN3O4S. The van der Waals surface area contributed by atoms with Crippen molar-refractivity contribution in [2.24, 2.45) is 0 Å². The molecule has 0 saturated heterocycles. The zero-order valence-corrected chi connectivity index (χ0v) is 15.5. The van der Waals surface area contributed by atoms with Crippen molar-refractivity contribution in [1.29, 1.82) is 0 Å². The van der Waals surface area contributed by atoms with Gasteiger partial charge in [-0.15, -0.1) is 10.2 Å². The number of carbonyl (C=O) groups excluding carboxylic acids is 1. The Labute approximate surface area is 162 Å². The first-order chi connectivity index (χ1) is 13.0. The van der Waals surface area contributed by atoms with Crippen LogP contribution in [0.25, 0.3) is 16.4 Å². The Morgan fingerprint density at radius 2 is 1.93 bits per heavy atom. The van der Waals surface area contributed by atoms with Crippen LogP contribution in [0.2, 0.25) is 5.02 Å². The Hall–Kier alpha value is -3.10. The third kappa shape index (κ3) is 2.88. The summed E-state index contributed by atoms with van der Waals surface area (Å²) in [6.07, 6.45) is 0. The molecule has 0 unspecified atom stereocenters. The standard InChI is InChI=1S/C18H12ClN3O4S/c1-9-2-7-12(26-9)15(23)13-14(10-3-5-11(19)6-4-10)22(17(25)16(13)24)18-21-20-8-27-18/h2-8,24-25H,1H3. The van der Waals surface area contributed by atoms with E-state index < -0.39 is 17.4 Å². The molecule has 4 aromatic rings. The van der Waals surface area contributed by atoms with Crippen molar-refractivity contribution in [2.75, 3.05) is 0 Å². The second-order valence-electron chi connectivity index (χ2n) is 5.70. The van der Waals surface area contributed by atoms with Gasteiger partial charge in [0.25, 0.3) is 0 Å². The van der Waals surface area contributed by atoms with Gasteiger partial charge in [-0.25, -0.2) is 0 Å². The Kier molecular flexibility index (Phi) is 4.21. The number of hydrogen-bond donors (Lipinski definition) is 2. The van der Waals surface area contributed by atoms with Crippen LogP contribution in [-0.4, -0.2) is 30.8 Å². The summed E-state index contributed by atoms with van der Waals surface area (Å²) in [6, 6.07) is 9.81. The molecule has 136 valence electrons. The minimum absolute atomic E-state index is 0.0485. The van der Waals surface area contributed by atoms with Crippen LogP contribution in [0.5, 0.6) is 11.6 Å². The number of ketones is 1. The molecule has 2 N–H and O–H groups in total. The van der Waals surface area contributed by atoms with Crippen molar-refractivity contribution < 1.29 is 19.4 Å². The van der Waals surface area contributed by atoms with E-state index in [1.54, 1.807) is 37.3 Å². The van der Waals surface area contributed by atoms with Gasteiger partial charge in [-0.2, -0.15) is 0 Å². The highest BCUT2D eigenvalue weighted by molar-refractivity contribution is 7.11. The number of hydrogen-bond acceptors (Lipinski definition) is 7. The number of carbonyl (C=O) groups is 1. The topological polar surface area (TPSA) is 101 Å². The third-order valence-corrected chi connectivity index (χ3v) is 4.90. The van der Waals surface area contributed by atoms with Gasteiger partial charge in [-0.05, 0) is 36.8 Å². The van der Waals surface area contributed by atoms with Crippen LogP contribution in [0.15, 0.2) is 46.3 Å². The molecule has 0 spiro atoms. The van der Waals surface area contributed by atoms with Gasteiger partial charge in [-0.3, -0.25) is 9.36 Å². The monoisotopic (exact) mass is 401 g/mol. The average molecular weight is 402 g/mol. The lowest BCUT2D eigenvalue weighted by atomic mass is 10.0. The molecule has 1 aromatic carbocycles. The van der Waals surface area contributed by atoms with Crippen LogP contribution >= 0.6 is 22.9 Å². The minimum atomic E-state index is -0.566. The van der Waals surface area contributed by atoms with Gasteiger partial charge >= 0.3 is 0 Å². The molecule has 0 radical (unpaired) electrons. The number of halogens is 1. The maximum atomic E-state index is 13.0. The van der Waals surface area contributed by atoms with Gasteiger partial charge in [0.05, 0.1) is 11.3 Å². The predicted octanol–water partition coefficient (Wildman–Crippen LogP) is 4.19. The molecule has 0 saturated carbocycles. The van der Waals surface area contributed by atoms with E-state index in [4.69, 9.17) is 16.0 Å². The molecular weight excluding hydrogens is 390 g/mol. The normalized spacial score (nSPS) is 11.0. The van der Waals surface area contributed by atoms with Crippen LogP contribution in [0.3, 0.4) is 0 Å². The Balaban J connectivity index is 2.02. The van der Waals surface area contributed by atoms with Crippen LogP contribution in [0.4, 0.5) is 0 Å². The molecule has 9 heteroatoms. The quantitative estimate of drug-likeness (QED) is 0.497. The summed E-state index contributed by atoms with van der Waals surface area (Å²) in [6.45, 7) is 1.71. The van der Waals surface area contributed by atoms with Crippen LogP contribution in [0, 0.1) is 6.92 Å². The van der Waals surface area contributed by atoms with E-state index in [2.05, 4.69) is 10.2 Å². The highest BCUT2D eigenvalue weighted by atomic mass is 35.5. The average Bonchev–Trinajstić information content (AvgIpc) is 3.37. The van der Waals surface area contributed by atoms with Crippen molar-refractivity contribution >= 4 is 28.7 Å². The zero-order valence-electron chi connectivity index (χ0n) is 13.9. The molecule has 0 amide bonds. The van der Waals surface area contributed by atoms with Crippen LogP contribution < -0.4 is 0 Å². The number of aromatic nitrogens is 3. The molecule has 4 rings (SSSR count). The molecule has 7 nitrogen and oxygen atoms in total. The Morgan fingerprint density at radius 1 is 1.19 bits per heavy atom. The largest absolute Gasteiger partial charge is 0.503 e. The van der Waals surface area contributed by atoms with E-state index in [1.165, 1.54) is 16.1 Å². The third-order valence-electron chi connectivity index (χ3n) is 3.97. The first-order valence-corrected chi connectivity index (χ1v) is 9.03. The number of benzene rings is 1. The molecule has 0 fully saturated rings. The van der Waals surface area contributed by atoms with Crippen molar-refractivity contribution in [3.63, 3.8) is 0 Å². The molecule has 0 aliphatic carbocycles. The SMILES string of the molecule is Cc1ccc(C(=O)c2c(O)c(O)n(-c3nncs3)c2-c2ccc(Cl)cc2)o1. The first-order valence-electron chi connectivity index (χ1n) is 7.77. The first kappa shape index (κ1) is 17.3. The van der Waals surface area contributed by atoms with Gasteiger partial charge in [0.15, 0.2) is 11.5 Å². The lowest BCUT2D eigenvalue weighted by Crippen LogP contribution is -2.04. The van der Waals surface area contributed by atoms with Gasteiger partial charge in [0.1, 0.15) is 11.3 Å². The minimum Gasteiger partial charge on any atom is -0.503 e. The zero-order chi connectivity index (χ0) is 19.1. The van der Waals surface area contributed by atoms with Crippen molar-refractivity contribution in [3.05, 3.63) is 64.0 Å². The summed E-state index contributed by atoms with van der Waals surface area (Å²) < 4.78 is 6.68. The van der Waals surface area contributed by atoms with Gasteiger partial charge < -0.3 is 14.6 Å². The second-order valence-corrected chi connectivity index (χ2v) is 6.95. The molecule has 0 aliphatic heterocycles. The fraction of sp³-hybridized carbons (Fsp3) is 0.0556. The number of aryl methyl sites for hydroxylation is 1. The van der Waals surface area contributed by atoms with Crippen LogP contribution in [0.1, 0.15) is 21.9 Å². The molecule has 0 atom stereocenters. The fourth-order valence-electron chi connectivity index (χ4n) is 2.77. The van der Waals surface area contributed by atoms with E-state index >= 15 is 0 Å². The fourth-order valence-corrected chi connectivity index (χ4v) is 3.47. The van der Waals surface area contributed by atoms with Gasteiger partial charge in [-0.1, -0.05) is 35.1 Å².